The Bertz CT molecular complexity index is 951. The van der Waals surface area contributed by atoms with Gasteiger partial charge >= 0.3 is 0 Å². The van der Waals surface area contributed by atoms with Crippen LogP contribution in [0.25, 0.3) is 11.1 Å². The normalized spacial score (nSPS) is 19.0. The van der Waals surface area contributed by atoms with Gasteiger partial charge in [-0.05, 0) is 46.4 Å². The number of rotatable bonds is 5. The summed E-state index contributed by atoms with van der Waals surface area (Å²) in [6, 6.07) is 11.9. The van der Waals surface area contributed by atoms with E-state index < -0.39 is 5.41 Å². The zero-order chi connectivity index (χ0) is 19.6. The van der Waals surface area contributed by atoms with Crippen LogP contribution in [0, 0.1) is 5.41 Å². The molecule has 1 aliphatic rings. The number of likely N-dealkylation sites (tertiary alicyclic amines) is 1. The molecule has 1 saturated heterocycles. The highest BCUT2D eigenvalue weighted by Crippen LogP contribution is 2.36. The fraction of sp³-hybridized carbons (Fsp3) is 0.286. The van der Waals surface area contributed by atoms with E-state index in [1.165, 1.54) is 11.8 Å². The molecule has 7 heteroatoms. The maximum Gasteiger partial charge on any atom is 0.292 e. The molecule has 4 rings (SSSR count). The van der Waals surface area contributed by atoms with Gasteiger partial charge in [0, 0.05) is 26.2 Å². The standard InChI is InChI=1S/C21H21N3O3S/c1-22-20(26)21(8-10-24(14-21)19(25)18-6-9-23-27-18)12-15-2-4-16(5-3-15)17-7-11-28-13-17/h2-7,9,11,13H,8,10,12,14H2,1H3,(H,22,26). The first kappa shape index (κ1) is 18.4. The number of hydrogen-bond donors (Lipinski definition) is 1. The predicted octanol–water partition coefficient (Wildman–Crippen LogP) is 3.22. The van der Waals surface area contributed by atoms with Crippen LogP contribution in [0.5, 0.6) is 0 Å². The largest absolute Gasteiger partial charge is 0.359 e. The third-order valence-electron chi connectivity index (χ3n) is 5.35. The second-order valence-electron chi connectivity index (χ2n) is 7.10. The van der Waals surface area contributed by atoms with Crippen LogP contribution < -0.4 is 5.32 Å². The summed E-state index contributed by atoms with van der Waals surface area (Å²) in [7, 11) is 1.64. The number of hydrogen-bond acceptors (Lipinski definition) is 5. The van der Waals surface area contributed by atoms with Crippen molar-refractivity contribution in [1.29, 1.82) is 0 Å². The molecule has 6 nitrogen and oxygen atoms in total. The summed E-state index contributed by atoms with van der Waals surface area (Å²) in [5, 5.41) is 10.6. The van der Waals surface area contributed by atoms with E-state index in [1.54, 1.807) is 29.4 Å². The van der Waals surface area contributed by atoms with Crippen LogP contribution in [-0.4, -0.2) is 42.0 Å². The average Bonchev–Trinajstić information content (AvgIpc) is 3.49. The maximum absolute atomic E-state index is 12.8. The molecule has 0 radical (unpaired) electrons. The molecule has 1 N–H and O–H groups in total. The lowest BCUT2D eigenvalue weighted by Gasteiger charge is -2.27. The summed E-state index contributed by atoms with van der Waals surface area (Å²) in [6.45, 7) is 0.873. The number of amides is 2. The zero-order valence-corrected chi connectivity index (χ0v) is 16.4. The van der Waals surface area contributed by atoms with Crippen LogP contribution in [0.1, 0.15) is 22.5 Å². The summed E-state index contributed by atoms with van der Waals surface area (Å²) in [4.78, 5) is 27.0. The van der Waals surface area contributed by atoms with Gasteiger partial charge in [0.2, 0.25) is 11.7 Å². The van der Waals surface area contributed by atoms with Crippen molar-refractivity contribution in [3.63, 3.8) is 0 Å². The van der Waals surface area contributed by atoms with Gasteiger partial charge in [-0.25, -0.2) is 0 Å². The van der Waals surface area contributed by atoms with E-state index in [-0.39, 0.29) is 17.6 Å². The molecule has 144 valence electrons. The van der Waals surface area contributed by atoms with E-state index in [9.17, 15) is 9.59 Å². The van der Waals surface area contributed by atoms with Crippen molar-refractivity contribution in [3.05, 3.63) is 64.7 Å². The van der Waals surface area contributed by atoms with Gasteiger partial charge in [-0.3, -0.25) is 9.59 Å². The van der Waals surface area contributed by atoms with Crippen molar-refractivity contribution < 1.29 is 14.1 Å². The number of carbonyl (C=O) groups excluding carboxylic acids is 2. The van der Waals surface area contributed by atoms with E-state index >= 15 is 0 Å². The van der Waals surface area contributed by atoms with Crippen LogP contribution in [0.4, 0.5) is 0 Å². The molecule has 1 fully saturated rings. The lowest BCUT2D eigenvalue weighted by Crippen LogP contribution is -2.44. The SMILES string of the molecule is CNC(=O)C1(Cc2ccc(-c3ccsc3)cc2)CCN(C(=O)c2ccno2)C1. The summed E-state index contributed by atoms with van der Waals surface area (Å²) in [5.41, 5.74) is 2.79. The van der Waals surface area contributed by atoms with Gasteiger partial charge in [0.1, 0.15) is 0 Å². The van der Waals surface area contributed by atoms with E-state index in [2.05, 4.69) is 51.6 Å². The Balaban J connectivity index is 1.54. The van der Waals surface area contributed by atoms with Crippen LogP contribution in [0.15, 0.2) is 57.9 Å². The van der Waals surface area contributed by atoms with Crippen molar-refractivity contribution in [1.82, 2.24) is 15.4 Å². The first-order chi connectivity index (χ1) is 13.6. The van der Waals surface area contributed by atoms with Crippen LogP contribution in [0.3, 0.4) is 0 Å². The molecule has 0 saturated carbocycles. The fourth-order valence-electron chi connectivity index (χ4n) is 3.84. The number of nitrogens with one attached hydrogen (secondary N) is 1. The summed E-state index contributed by atoms with van der Waals surface area (Å²) >= 11 is 1.67. The Kier molecular flexibility index (Phi) is 5.00. The Morgan fingerprint density at radius 1 is 1.21 bits per heavy atom. The van der Waals surface area contributed by atoms with E-state index in [0.29, 0.717) is 25.9 Å². The maximum atomic E-state index is 12.8. The molecule has 1 unspecified atom stereocenters. The van der Waals surface area contributed by atoms with Crippen molar-refractivity contribution in [2.45, 2.75) is 12.8 Å². The Hall–Kier alpha value is -2.93. The van der Waals surface area contributed by atoms with E-state index in [0.717, 1.165) is 11.1 Å². The van der Waals surface area contributed by atoms with Crippen LogP contribution in [-0.2, 0) is 11.2 Å². The third-order valence-corrected chi connectivity index (χ3v) is 6.03. The Labute approximate surface area is 167 Å². The van der Waals surface area contributed by atoms with Gasteiger partial charge in [0.25, 0.3) is 5.91 Å². The first-order valence-electron chi connectivity index (χ1n) is 9.15. The number of nitrogens with zero attached hydrogens (tertiary/aromatic N) is 2. The van der Waals surface area contributed by atoms with Crippen molar-refractivity contribution >= 4 is 23.2 Å². The van der Waals surface area contributed by atoms with Gasteiger partial charge in [-0.2, -0.15) is 11.3 Å². The molecule has 28 heavy (non-hydrogen) atoms. The number of carbonyl (C=O) groups is 2. The Morgan fingerprint density at radius 3 is 2.68 bits per heavy atom. The molecule has 2 aromatic heterocycles. The van der Waals surface area contributed by atoms with Crippen molar-refractivity contribution in [2.75, 3.05) is 20.1 Å². The molecule has 1 aromatic carbocycles. The minimum absolute atomic E-state index is 0.0396. The highest BCUT2D eigenvalue weighted by Gasteiger charge is 2.46. The summed E-state index contributed by atoms with van der Waals surface area (Å²) < 4.78 is 4.99. The predicted molar refractivity (Wildman–Crippen MR) is 107 cm³/mol. The van der Waals surface area contributed by atoms with Crippen LogP contribution in [0.2, 0.25) is 0 Å². The molecule has 0 bridgehead atoms. The zero-order valence-electron chi connectivity index (χ0n) is 15.6. The van der Waals surface area contributed by atoms with Crippen LogP contribution >= 0.6 is 11.3 Å². The molecule has 2 amide bonds. The quantitative estimate of drug-likeness (QED) is 0.720. The van der Waals surface area contributed by atoms with Gasteiger partial charge < -0.3 is 14.7 Å². The Morgan fingerprint density at radius 2 is 2.04 bits per heavy atom. The van der Waals surface area contributed by atoms with Gasteiger partial charge in [0.15, 0.2) is 0 Å². The number of benzene rings is 1. The lowest BCUT2D eigenvalue weighted by molar-refractivity contribution is -0.129. The fourth-order valence-corrected chi connectivity index (χ4v) is 4.50. The second-order valence-corrected chi connectivity index (χ2v) is 7.88. The lowest BCUT2D eigenvalue weighted by atomic mass is 9.79. The van der Waals surface area contributed by atoms with Crippen molar-refractivity contribution in [2.24, 2.45) is 5.41 Å². The monoisotopic (exact) mass is 395 g/mol. The molecular formula is C21H21N3O3S. The molecule has 1 atom stereocenters. The minimum Gasteiger partial charge on any atom is -0.359 e. The highest BCUT2D eigenvalue weighted by atomic mass is 32.1. The third kappa shape index (κ3) is 3.45. The summed E-state index contributed by atoms with van der Waals surface area (Å²) in [5.74, 6) is -0.0637. The molecule has 0 aliphatic carbocycles. The topological polar surface area (TPSA) is 75.4 Å². The molecule has 1 aliphatic heterocycles. The van der Waals surface area contributed by atoms with Gasteiger partial charge in [-0.1, -0.05) is 29.4 Å². The molecule has 3 aromatic rings. The van der Waals surface area contributed by atoms with E-state index in [1.807, 2.05) is 0 Å². The number of thiophene rings is 1. The highest BCUT2D eigenvalue weighted by molar-refractivity contribution is 7.08. The van der Waals surface area contributed by atoms with E-state index in [4.69, 9.17) is 4.52 Å². The smallest absolute Gasteiger partial charge is 0.292 e. The summed E-state index contributed by atoms with van der Waals surface area (Å²) in [6.07, 6.45) is 2.64. The number of aromatic nitrogens is 1. The van der Waals surface area contributed by atoms with Gasteiger partial charge in [-0.15, -0.1) is 0 Å². The molecular weight excluding hydrogens is 374 g/mol. The molecule has 3 heterocycles. The average molecular weight is 395 g/mol. The van der Waals surface area contributed by atoms with Crippen molar-refractivity contribution in [3.8, 4) is 11.1 Å². The van der Waals surface area contributed by atoms with Gasteiger partial charge in [0.05, 0.1) is 11.6 Å². The minimum atomic E-state index is -0.645. The second kappa shape index (κ2) is 7.59. The molecule has 0 spiro atoms. The first-order valence-corrected chi connectivity index (χ1v) is 10.1.